The van der Waals surface area contributed by atoms with Crippen LogP contribution in [0.2, 0.25) is 0 Å². The van der Waals surface area contributed by atoms with E-state index < -0.39 is 23.8 Å². The SMILES string of the molecule is CCCN(C(=O)C(NC(=O)OC(C)(C)C)C(C)CC)C(C(=O)Nc1ccccc1C)c1ccc(O)c(C)c1. The number of carbonyl (C=O) groups is 3. The Balaban J connectivity index is 2.56. The van der Waals surface area contributed by atoms with Gasteiger partial charge in [0, 0.05) is 12.2 Å². The van der Waals surface area contributed by atoms with Gasteiger partial charge in [-0.25, -0.2) is 4.79 Å². The number of hydrogen-bond donors (Lipinski definition) is 3. The average Bonchev–Trinajstić information content (AvgIpc) is 2.83. The van der Waals surface area contributed by atoms with E-state index in [4.69, 9.17) is 4.74 Å². The Morgan fingerprint density at radius 1 is 1.03 bits per heavy atom. The Kier molecular flexibility index (Phi) is 10.7. The number of aryl methyl sites for hydroxylation is 2. The predicted molar refractivity (Wildman–Crippen MR) is 150 cm³/mol. The number of phenolic OH excluding ortho intramolecular Hbond substituents is 1. The molecule has 3 amide bonds. The lowest BCUT2D eigenvalue weighted by Crippen LogP contribution is -2.54. The highest BCUT2D eigenvalue weighted by molar-refractivity contribution is 5.99. The molecule has 2 aromatic rings. The van der Waals surface area contributed by atoms with E-state index in [1.807, 2.05) is 52.0 Å². The van der Waals surface area contributed by atoms with Crippen LogP contribution in [0.5, 0.6) is 5.75 Å². The minimum Gasteiger partial charge on any atom is -0.508 e. The van der Waals surface area contributed by atoms with Gasteiger partial charge in [-0.3, -0.25) is 9.59 Å². The van der Waals surface area contributed by atoms with Crippen molar-refractivity contribution in [3.8, 4) is 5.75 Å². The molecule has 0 saturated carbocycles. The van der Waals surface area contributed by atoms with Crippen molar-refractivity contribution in [1.82, 2.24) is 10.2 Å². The molecule has 8 heteroatoms. The summed E-state index contributed by atoms with van der Waals surface area (Å²) >= 11 is 0. The lowest BCUT2D eigenvalue weighted by atomic mass is 9.95. The van der Waals surface area contributed by atoms with Crippen LogP contribution in [0.15, 0.2) is 42.5 Å². The van der Waals surface area contributed by atoms with Crippen molar-refractivity contribution in [3.63, 3.8) is 0 Å². The zero-order chi connectivity index (χ0) is 28.6. The fourth-order valence-electron chi connectivity index (χ4n) is 4.14. The Hall–Kier alpha value is -3.55. The van der Waals surface area contributed by atoms with Gasteiger partial charge in [-0.1, -0.05) is 51.5 Å². The molecule has 0 saturated heterocycles. The number of ether oxygens (including phenoxy) is 1. The van der Waals surface area contributed by atoms with Crippen LogP contribution in [0.3, 0.4) is 0 Å². The molecule has 0 spiro atoms. The first-order chi connectivity index (χ1) is 17.8. The highest BCUT2D eigenvalue weighted by atomic mass is 16.6. The first-order valence-electron chi connectivity index (χ1n) is 13.2. The van der Waals surface area contributed by atoms with Gasteiger partial charge in [-0.15, -0.1) is 0 Å². The third-order valence-corrected chi connectivity index (χ3v) is 6.40. The summed E-state index contributed by atoms with van der Waals surface area (Å²) < 4.78 is 5.44. The quantitative estimate of drug-likeness (QED) is 0.360. The zero-order valence-electron chi connectivity index (χ0n) is 23.9. The monoisotopic (exact) mass is 525 g/mol. The van der Waals surface area contributed by atoms with E-state index in [9.17, 15) is 19.5 Å². The van der Waals surface area contributed by atoms with Crippen molar-refractivity contribution in [1.29, 1.82) is 0 Å². The van der Waals surface area contributed by atoms with Crippen LogP contribution in [0, 0.1) is 19.8 Å². The van der Waals surface area contributed by atoms with Crippen LogP contribution in [-0.4, -0.2) is 46.1 Å². The molecule has 38 heavy (non-hydrogen) atoms. The number of nitrogens with zero attached hydrogens (tertiary/aromatic N) is 1. The summed E-state index contributed by atoms with van der Waals surface area (Å²) in [7, 11) is 0. The van der Waals surface area contributed by atoms with Gasteiger partial charge in [0.1, 0.15) is 23.4 Å². The first-order valence-corrected chi connectivity index (χ1v) is 13.2. The van der Waals surface area contributed by atoms with Crippen molar-refractivity contribution in [2.45, 2.75) is 85.9 Å². The molecule has 3 atom stereocenters. The van der Waals surface area contributed by atoms with E-state index in [1.165, 1.54) is 11.0 Å². The molecule has 3 N–H and O–H groups in total. The largest absolute Gasteiger partial charge is 0.508 e. The molecule has 2 rings (SSSR count). The third-order valence-electron chi connectivity index (χ3n) is 6.40. The molecule has 0 aliphatic heterocycles. The average molecular weight is 526 g/mol. The number of nitrogens with one attached hydrogen (secondary N) is 2. The standard InChI is InChI=1S/C30H43N3O5/c1-9-17-33(28(36)25(19(3)10-2)32-29(37)38-30(6,7)8)26(22-15-16-24(34)21(5)18-22)27(35)31-23-14-12-11-13-20(23)4/h11-16,18-19,25-26,34H,9-10,17H2,1-8H3,(H,31,35)(H,32,37). The van der Waals surface area contributed by atoms with Crippen molar-refractivity contribution < 1.29 is 24.2 Å². The second kappa shape index (κ2) is 13.3. The molecule has 208 valence electrons. The van der Waals surface area contributed by atoms with Crippen LogP contribution in [0.1, 0.15) is 77.1 Å². The number of para-hydroxylation sites is 1. The summed E-state index contributed by atoms with van der Waals surface area (Å²) in [5.74, 6) is -0.866. The van der Waals surface area contributed by atoms with E-state index in [0.29, 0.717) is 29.7 Å². The van der Waals surface area contributed by atoms with Gasteiger partial charge in [0.05, 0.1) is 0 Å². The maximum absolute atomic E-state index is 14.2. The number of phenols is 1. The number of aromatic hydroxyl groups is 1. The van der Waals surface area contributed by atoms with E-state index in [1.54, 1.807) is 39.8 Å². The molecule has 0 fully saturated rings. The highest BCUT2D eigenvalue weighted by Gasteiger charge is 2.38. The van der Waals surface area contributed by atoms with Crippen LogP contribution in [0.25, 0.3) is 0 Å². The second-order valence-electron chi connectivity index (χ2n) is 10.8. The fourth-order valence-corrected chi connectivity index (χ4v) is 4.14. The molecule has 0 bridgehead atoms. The van der Waals surface area contributed by atoms with Gasteiger partial charge >= 0.3 is 6.09 Å². The van der Waals surface area contributed by atoms with Gasteiger partial charge in [0.25, 0.3) is 5.91 Å². The zero-order valence-corrected chi connectivity index (χ0v) is 23.9. The number of hydrogen-bond acceptors (Lipinski definition) is 5. The Bertz CT molecular complexity index is 1130. The predicted octanol–water partition coefficient (Wildman–Crippen LogP) is 5.87. The maximum Gasteiger partial charge on any atom is 0.408 e. The molecule has 0 radical (unpaired) electrons. The number of amides is 3. The summed E-state index contributed by atoms with van der Waals surface area (Å²) in [5, 5.41) is 15.9. The molecular formula is C30H43N3O5. The Morgan fingerprint density at radius 2 is 1.68 bits per heavy atom. The van der Waals surface area contributed by atoms with E-state index in [-0.39, 0.29) is 30.0 Å². The van der Waals surface area contributed by atoms with Crippen LogP contribution >= 0.6 is 0 Å². The maximum atomic E-state index is 14.2. The van der Waals surface area contributed by atoms with Gasteiger partial charge < -0.3 is 25.4 Å². The fraction of sp³-hybridized carbons (Fsp3) is 0.500. The van der Waals surface area contributed by atoms with Gasteiger partial charge in [-0.2, -0.15) is 0 Å². The molecule has 8 nitrogen and oxygen atoms in total. The number of rotatable bonds is 10. The van der Waals surface area contributed by atoms with Crippen LogP contribution in [-0.2, 0) is 14.3 Å². The smallest absolute Gasteiger partial charge is 0.408 e. The number of carbonyl (C=O) groups excluding carboxylic acids is 3. The molecule has 0 aliphatic carbocycles. The van der Waals surface area contributed by atoms with E-state index in [2.05, 4.69) is 10.6 Å². The van der Waals surface area contributed by atoms with Gasteiger partial charge in [0.2, 0.25) is 5.91 Å². The minimum absolute atomic E-state index is 0.101. The minimum atomic E-state index is -0.992. The molecule has 0 aliphatic rings. The summed E-state index contributed by atoms with van der Waals surface area (Å²) in [6.07, 6.45) is 0.537. The Labute approximate surface area is 226 Å². The first kappa shape index (κ1) is 30.7. The van der Waals surface area contributed by atoms with Crippen LogP contribution < -0.4 is 10.6 Å². The van der Waals surface area contributed by atoms with Gasteiger partial charge in [0.15, 0.2) is 0 Å². The van der Waals surface area contributed by atoms with Crippen molar-refractivity contribution >= 4 is 23.6 Å². The summed E-state index contributed by atoms with van der Waals surface area (Å²) in [6, 6.07) is 10.4. The summed E-state index contributed by atoms with van der Waals surface area (Å²) in [4.78, 5) is 42.2. The van der Waals surface area contributed by atoms with Crippen molar-refractivity contribution in [2.75, 3.05) is 11.9 Å². The highest BCUT2D eigenvalue weighted by Crippen LogP contribution is 2.29. The molecule has 2 aromatic carbocycles. The van der Waals surface area contributed by atoms with Crippen molar-refractivity contribution in [3.05, 3.63) is 59.2 Å². The summed E-state index contributed by atoms with van der Waals surface area (Å²) in [6.45, 7) is 15.0. The molecule has 0 aromatic heterocycles. The van der Waals surface area contributed by atoms with E-state index in [0.717, 1.165) is 5.56 Å². The molecular weight excluding hydrogens is 482 g/mol. The molecule has 3 unspecified atom stereocenters. The van der Waals surface area contributed by atoms with Crippen LogP contribution in [0.4, 0.5) is 10.5 Å². The van der Waals surface area contributed by atoms with Gasteiger partial charge in [-0.05, 0) is 81.8 Å². The second-order valence-corrected chi connectivity index (χ2v) is 10.8. The lowest BCUT2D eigenvalue weighted by molar-refractivity contribution is -0.141. The number of anilines is 1. The number of alkyl carbamates (subject to hydrolysis) is 1. The topological polar surface area (TPSA) is 108 Å². The van der Waals surface area contributed by atoms with E-state index >= 15 is 0 Å². The Morgan fingerprint density at radius 3 is 2.24 bits per heavy atom. The number of benzene rings is 2. The normalized spacial score (nSPS) is 13.7. The third kappa shape index (κ3) is 8.23. The molecule has 0 heterocycles. The van der Waals surface area contributed by atoms with Crippen molar-refractivity contribution in [2.24, 2.45) is 5.92 Å². The lowest BCUT2D eigenvalue weighted by Gasteiger charge is -2.36. The summed E-state index contributed by atoms with van der Waals surface area (Å²) in [5.41, 5.74) is 1.96.